The van der Waals surface area contributed by atoms with Crippen molar-refractivity contribution in [1.82, 2.24) is 4.73 Å². The summed E-state index contributed by atoms with van der Waals surface area (Å²) in [5, 5.41) is 9.89. The van der Waals surface area contributed by atoms with Crippen LogP contribution in [-0.2, 0) is 9.53 Å². The standard InChI is InChI=1S/C23H26F2N2O5/c1-6-31-20-15(7-8-16(24)19(20)25)18-12(2)23(4,5)32-21(18)22(29)26-14-9-10-27(30)17(11-14)13(3)28/h7-12,18,21,30H,6H2,1-5H3/t12-,18-,21+/m0/s1. The molecule has 9 heteroatoms. The quantitative estimate of drug-likeness (QED) is 0.557. The molecule has 1 aliphatic heterocycles. The number of rotatable bonds is 5. The van der Waals surface area contributed by atoms with Crippen molar-refractivity contribution in [3.8, 4) is 5.75 Å². The first-order valence-electron chi connectivity index (χ1n) is 10.3. The van der Waals surface area contributed by atoms with Crippen LogP contribution in [0.5, 0.6) is 5.75 Å². The van der Waals surface area contributed by atoms with Gasteiger partial charge < -0.3 is 14.7 Å². The van der Waals surface area contributed by atoms with Gasteiger partial charge in [-0.25, -0.2) is 9.38 Å². The van der Waals surface area contributed by atoms with Crippen LogP contribution in [-0.4, -0.2) is 39.9 Å². The maximum absolute atomic E-state index is 14.5. The monoisotopic (exact) mass is 448 g/mol. The van der Waals surface area contributed by atoms with E-state index in [1.807, 2.05) is 20.8 Å². The predicted molar refractivity (Wildman–Crippen MR) is 111 cm³/mol. The van der Waals surface area contributed by atoms with Gasteiger partial charge in [0.2, 0.25) is 5.82 Å². The Morgan fingerprint density at radius 1 is 1.28 bits per heavy atom. The molecule has 0 unspecified atom stereocenters. The van der Waals surface area contributed by atoms with Gasteiger partial charge in [0.15, 0.2) is 17.3 Å². The number of hydrogen-bond donors (Lipinski definition) is 1. The number of aromatic nitrogens is 1. The molecule has 3 rings (SSSR count). The fourth-order valence-electron chi connectivity index (χ4n) is 3.94. The number of carbonyl (C=O) groups excluding carboxylic acids is 2. The van der Waals surface area contributed by atoms with E-state index in [1.54, 1.807) is 6.92 Å². The molecule has 1 amide bonds. The maximum atomic E-state index is 14.5. The highest BCUT2D eigenvalue weighted by Crippen LogP contribution is 2.49. The van der Waals surface area contributed by atoms with Crippen molar-refractivity contribution < 1.29 is 33.1 Å². The zero-order valence-corrected chi connectivity index (χ0v) is 18.6. The normalized spacial score (nSPS) is 22.7. The summed E-state index contributed by atoms with van der Waals surface area (Å²) in [6.45, 7) is 8.51. The largest absolute Gasteiger partial charge is 0.490 e. The van der Waals surface area contributed by atoms with Crippen molar-refractivity contribution >= 4 is 11.7 Å². The van der Waals surface area contributed by atoms with Crippen LogP contribution in [0.15, 0.2) is 35.5 Å². The lowest BCUT2D eigenvalue weighted by Gasteiger charge is -2.26. The molecule has 7 nitrogen and oxygen atoms in total. The van der Waals surface area contributed by atoms with E-state index >= 15 is 0 Å². The van der Waals surface area contributed by atoms with Gasteiger partial charge in [-0.15, -0.1) is 0 Å². The van der Waals surface area contributed by atoms with E-state index < -0.39 is 40.9 Å². The number of carbonyl (C=O) groups is 2. The smallest absolute Gasteiger partial charge is 0.276 e. The van der Waals surface area contributed by atoms with Crippen molar-refractivity contribution in [3.05, 3.63) is 58.7 Å². The minimum Gasteiger partial charge on any atom is -0.490 e. The summed E-state index contributed by atoms with van der Waals surface area (Å²) in [5.74, 6) is -4.39. The molecule has 32 heavy (non-hydrogen) atoms. The van der Waals surface area contributed by atoms with Crippen molar-refractivity contribution in [1.29, 1.82) is 0 Å². The minimum atomic E-state index is -1.12. The van der Waals surface area contributed by atoms with Gasteiger partial charge in [0.1, 0.15) is 11.8 Å². The molecule has 0 spiro atoms. The van der Waals surface area contributed by atoms with Crippen molar-refractivity contribution in [2.24, 2.45) is 10.9 Å². The molecule has 0 saturated carbocycles. The summed E-state index contributed by atoms with van der Waals surface area (Å²) in [6.07, 6.45) is 0.108. The summed E-state index contributed by atoms with van der Waals surface area (Å²) in [7, 11) is 0. The molecule has 2 heterocycles. The van der Waals surface area contributed by atoms with Crippen molar-refractivity contribution in [2.75, 3.05) is 6.61 Å². The fourth-order valence-corrected chi connectivity index (χ4v) is 3.94. The molecule has 1 N–H and O–H groups in total. The Morgan fingerprint density at radius 3 is 2.59 bits per heavy atom. The van der Waals surface area contributed by atoms with Crippen LogP contribution in [0, 0.1) is 17.6 Å². The Morgan fingerprint density at radius 2 is 1.97 bits per heavy atom. The number of Topliss-reactive ketones (excluding diaryl/α,β-unsaturated/α-hetero) is 1. The van der Waals surface area contributed by atoms with E-state index in [4.69, 9.17) is 9.47 Å². The molecule has 1 aliphatic rings. The Hall–Kier alpha value is -3.07. The lowest BCUT2D eigenvalue weighted by molar-refractivity contribution is -0.133. The molecule has 3 atom stereocenters. The van der Waals surface area contributed by atoms with Crippen LogP contribution in [0.2, 0.25) is 0 Å². The van der Waals surface area contributed by atoms with Gasteiger partial charge in [-0.1, -0.05) is 13.0 Å². The maximum Gasteiger partial charge on any atom is 0.276 e. The summed E-state index contributed by atoms with van der Waals surface area (Å²) < 4.78 is 40.5. The number of hydrogen-bond acceptors (Lipinski definition) is 5. The van der Waals surface area contributed by atoms with Gasteiger partial charge in [0, 0.05) is 24.6 Å². The molecule has 1 aromatic carbocycles. The first-order valence-corrected chi connectivity index (χ1v) is 10.3. The third kappa shape index (κ3) is 4.29. The van der Waals surface area contributed by atoms with E-state index in [0.717, 1.165) is 6.07 Å². The summed E-state index contributed by atoms with van der Waals surface area (Å²) >= 11 is 0. The van der Waals surface area contributed by atoms with Crippen LogP contribution in [0.3, 0.4) is 0 Å². The highest BCUT2D eigenvalue weighted by atomic mass is 19.2. The molecule has 1 aromatic heterocycles. The molecular weight excluding hydrogens is 422 g/mol. The highest BCUT2D eigenvalue weighted by molar-refractivity contribution is 5.92. The lowest BCUT2D eigenvalue weighted by Crippen LogP contribution is -2.28. The number of ketones is 1. The molecule has 2 aromatic rings. The van der Waals surface area contributed by atoms with E-state index in [1.165, 1.54) is 31.3 Å². The van der Waals surface area contributed by atoms with Gasteiger partial charge in [0.05, 0.1) is 17.6 Å². The zero-order chi connectivity index (χ0) is 23.8. The fraction of sp³-hybridized carbons (Fsp3) is 0.435. The number of halogens is 2. The van der Waals surface area contributed by atoms with Crippen LogP contribution in [0.4, 0.5) is 8.78 Å². The molecule has 0 bridgehead atoms. The zero-order valence-electron chi connectivity index (χ0n) is 18.6. The highest BCUT2D eigenvalue weighted by Gasteiger charge is 2.51. The number of benzene rings is 1. The number of amides is 1. The molecular formula is C23H26F2N2O5. The summed E-state index contributed by atoms with van der Waals surface area (Å²) in [5.41, 5.74) is -0.483. The van der Waals surface area contributed by atoms with E-state index in [9.17, 15) is 23.6 Å². The van der Waals surface area contributed by atoms with Crippen LogP contribution >= 0.6 is 0 Å². The second-order valence-corrected chi connectivity index (χ2v) is 8.29. The van der Waals surface area contributed by atoms with Crippen LogP contribution in [0.1, 0.15) is 56.6 Å². The SMILES string of the molecule is CCOc1c([C@H]2[C@H](C(=O)N=c3ccn(O)c(C(C)=O)c3)OC(C)(C)[C@H]2C)ccc(F)c1F. The predicted octanol–water partition coefficient (Wildman–Crippen LogP) is 3.63. The third-order valence-corrected chi connectivity index (χ3v) is 5.88. The summed E-state index contributed by atoms with van der Waals surface area (Å²) in [6, 6.07) is 5.05. The van der Waals surface area contributed by atoms with Gasteiger partial charge >= 0.3 is 0 Å². The average molecular weight is 448 g/mol. The lowest BCUT2D eigenvalue weighted by atomic mass is 9.78. The molecule has 1 saturated heterocycles. The molecule has 172 valence electrons. The third-order valence-electron chi connectivity index (χ3n) is 5.88. The average Bonchev–Trinajstić information content (AvgIpc) is 2.96. The van der Waals surface area contributed by atoms with Crippen LogP contribution < -0.4 is 10.1 Å². The van der Waals surface area contributed by atoms with Crippen LogP contribution in [0.25, 0.3) is 0 Å². The number of pyridine rings is 1. The minimum absolute atomic E-state index is 0.0455. The topological polar surface area (TPSA) is 90.1 Å². The Balaban J connectivity index is 2.10. The van der Waals surface area contributed by atoms with E-state index in [0.29, 0.717) is 10.3 Å². The Kier molecular flexibility index (Phi) is 6.50. The summed E-state index contributed by atoms with van der Waals surface area (Å²) in [4.78, 5) is 28.9. The first kappa shape index (κ1) is 23.6. The van der Waals surface area contributed by atoms with Gasteiger partial charge in [-0.2, -0.15) is 9.12 Å². The molecule has 0 radical (unpaired) electrons. The van der Waals surface area contributed by atoms with Crippen molar-refractivity contribution in [3.63, 3.8) is 0 Å². The Labute approximate surface area is 184 Å². The Bertz CT molecular complexity index is 1130. The number of nitrogens with zero attached hydrogens (tertiary/aromatic N) is 2. The molecule has 1 fully saturated rings. The number of ether oxygens (including phenoxy) is 2. The van der Waals surface area contributed by atoms with E-state index in [2.05, 4.69) is 4.99 Å². The van der Waals surface area contributed by atoms with Gasteiger partial charge in [0.25, 0.3) is 5.91 Å². The first-order chi connectivity index (χ1) is 15.0. The van der Waals surface area contributed by atoms with Crippen molar-refractivity contribution in [2.45, 2.75) is 52.2 Å². The second kappa shape index (κ2) is 8.82. The second-order valence-electron chi connectivity index (χ2n) is 8.29. The van der Waals surface area contributed by atoms with Gasteiger partial charge in [-0.3, -0.25) is 9.59 Å². The van der Waals surface area contributed by atoms with E-state index in [-0.39, 0.29) is 29.3 Å². The molecule has 0 aliphatic carbocycles. The van der Waals surface area contributed by atoms with Gasteiger partial charge in [-0.05, 0) is 44.9 Å².